The highest BCUT2D eigenvalue weighted by atomic mass is 15.0. The van der Waals surface area contributed by atoms with E-state index in [0.29, 0.717) is 17.5 Å². The minimum Gasteiger partial charge on any atom is -0.309 e. The third-order valence-electron chi connectivity index (χ3n) is 13.0. The lowest BCUT2D eigenvalue weighted by atomic mass is 9.74. The van der Waals surface area contributed by atoms with Gasteiger partial charge in [0.25, 0.3) is 0 Å². The van der Waals surface area contributed by atoms with E-state index in [1.54, 1.807) is 0 Å². The van der Waals surface area contributed by atoms with E-state index in [1.165, 1.54) is 60.9 Å². The van der Waals surface area contributed by atoms with Crippen molar-refractivity contribution in [2.24, 2.45) is 0 Å². The molecule has 0 unspecified atom stereocenters. The van der Waals surface area contributed by atoms with Gasteiger partial charge in [0.05, 0.1) is 16.7 Å². The number of nitrogens with zero attached hydrogens (tertiary/aromatic N) is 4. The molecule has 2 aromatic heterocycles. The molecule has 0 radical (unpaired) electrons. The third kappa shape index (κ3) is 6.34. The molecule has 11 aromatic rings. The van der Waals surface area contributed by atoms with Gasteiger partial charge in [0.15, 0.2) is 17.5 Å². The first-order valence-corrected chi connectivity index (χ1v) is 21.9. The average Bonchev–Trinajstić information content (AvgIpc) is 3.70. The van der Waals surface area contributed by atoms with Crippen LogP contribution in [0.5, 0.6) is 0 Å². The molecule has 0 saturated carbocycles. The summed E-state index contributed by atoms with van der Waals surface area (Å²) in [4.78, 5) is 15.4. The second-order valence-corrected chi connectivity index (χ2v) is 17.3. The molecule has 0 atom stereocenters. The van der Waals surface area contributed by atoms with Crippen molar-refractivity contribution in [2.45, 2.75) is 19.3 Å². The molecule has 4 heteroatoms. The van der Waals surface area contributed by atoms with E-state index in [4.69, 9.17) is 15.0 Å². The Morgan fingerprint density at radius 3 is 1.33 bits per heavy atom. The van der Waals surface area contributed by atoms with E-state index in [-0.39, 0.29) is 5.41 Å². The fourth-order valence-corrected chi connectivity index (χ4v) is 9.68. The standard InChI is InChI=1S/C60H42N4/c1-60(2)52-23-12-13-24-55(52)64-54-34-33-47(36-50(54)51-37-49(38-53(60)56(51)64)41-19-10-5-11-20-41)46-21-14-22-48(35-46)59-62-57(44-29-25-42(26-30-44)39-15-6-3-7-16-39)61-58(63-59)45-31-27-43(28-32-45)40-17-8-4-9-18-40/h3-38H,1-2H3. The van der Waals surface area contributed by atoms with Gasteiger partial charge in [0.2, 0.25) is 0 Å². The van der Waals surface area contributed by atoms with Crippen molar-refractivity contribution in [3.05, 3.63) is 230 Å². The van der Waals surface area contributed by atoms with Gasteiger partial charge in [-0.1, -0.05) is 196 Å². The molecule has 302 valence electrons. The van der Waals surface area contributed by atoms with Crippen molar-refractivity contribution in [3.8, 4) is 84.4 Å². The smallest absolute Gasteiger partial charge is 0.164 e. The summed E-state index contributed by atoms with van der Waals surface area (Å²) < 4.78 is 2.49. The number of rotatable bonds is 7. The SMILES string of the molecule is CC1(C)c2ccccc2-n2c3ccc(-c4cccc(-c5nc(-c6ccc(-c7ccccc7)cc6)nc(-c6ccc(-c7ccccc7)cc6)n5)c4)cc3c3cc(-c4ccccc4)cc1c32. The Kier molecular flexibility index (Phi) is 8.80. The van der Waals surface area contributed by atoms with E-state index in [0.717, 1.165) is 38.9 Å². The molecule has 4 nitrogen and oxygen atoms in total. The van der Waals surface area contributed by atoms with Crippen LogP contribution in [0.3, 0.4) is 0 Å². The molecule has 0 saturated heterocycles. The molecule has 9 aromatic carbocycles. The maximum absolute atomic E-state index is 5.17. The molecule has 1 aliphatic rings. The third-order valence-corrected chi connectivity index (χ3v) is 13.0. The highest BCUT2D eigenvalue weighted by Gasteiger charge is 2.35. The second-order valence-electron chi connectivity index (χ2n) is 17.3. The van der Waals surface area contributed by atoms with E-state index in [2.05, 4.69) is 225 Å². The molecule has 0 amide bonds. The zero-order valence-electron chi connectivity index (χ0n) is 35.6. The van der Waals surface area contributed by atoms with Gasteiger partial charge in [-0.05, 0) is 92.0 Å². The van der Waals surface area contributed by atoms with Crippen molar-refractivity contribution < 1.29 is 0 Å². The Balaban J connectivity index is 0.994. The Bertz CT molecular complexity index is 3430. The number of para-hydroxylation sites is 1. The van der Waals surface area contributed by atoms with Crippen molar-refractivity contribution in [1.29, 1.82) is 0 Å². The summed E-state index contributed by atoms with van der Waals surface area (Å²) in [6.45, 7) is 4.73. The maximum Gasteiger partial charge on any atom is 0.164 e. The molecular formula is C60H42N4. The summed E-state index contributed by atoms with van der Waals surface area (Å²) in [7, 11) is 0. The summed E-state index contributed by atoms with van der Waals surface area (Å²) in [6, 6.07) is 77.9. The quantitative estimate of drug-likeness (QED) is 0.161. The summed E-state index contributed by atoms with van der Waals surface area (Å²) >= 11 is 0. The molecule has 1 aliphatic heterocycles. The second kappa shape index (κ2) is 15.0. The monoisotopic (exact) mass is 818 g/mol. The predicted molar refractivity (Wildman–Crippen MR) is 264 cm³/mol. The highest BCUT2D eigenvalue weighted by molar-refractivity contribution is 6.14. The van der Waals surface area contributed by atoms with Gasteiger partial charge in [-0.15, -0.1) is 0 Å². The largest absolute Gasteiger partial charge is 0.309 e. The highest BCUT2D eigenvalue weighted by Crippen LogP contribution is 2.49. The lowest BCUT2D eigenvalue weighted by Gasteiger charge is -2.35. The van der Waals surface area contributed by atoms with Crippen molar-refractivity contribution >= 4 is 21.8 Å². The number of hydrogen-bond donors (Lipinski definition) is 0. The van der Waals surface area contributed by atoms with Crippen molar-refractivity contribution in [3.63, 3.8) is 0 Å². The Morgan fingerprint density at radius 2 is 0.734 bits per heavy atom. The fourth-order valence-electron chi connectivity index (χ4n) is 9.68. The number of fused-ring (bicyclic) bond motifs is 5. The van der Waals surface area contributed by atoms with Gasteiger partial charge in [0.1, 0.15) is 0 Å². The minimum absolute atomic E-state index is 0.183. The van der Waals surface area contributed by atoms with Gasteiger partial charge in [-0.25, -0.2) is 15.0 Å². The van der Waals surface area contributed by atoms with Crippen LogP contribution in [-0.2, 0) is 5.41 Å². The van der Waals surface area contributed by atoms with E-state index >= 15 is 0 Å². The van der Waals surface area contributed by atoms with Gasteiger partial charge in [0, 0.05) is 32.9 Å². The van der Waals surface area contributed by atoms with Gasteiger partial charge < -0.3 is 4.57 Å². The molecule has 64 heavy (non-hydrogen) atoms. The number of aromatic nitrogens is 4. The molecule has 3 heterocycles. The first kappa shape index (κ1) is 37.5. The van der Waals surface area contributed by atoms with Crippen LogP contribution >= 0.6 is 0 Å². The molecule has 0 aliphatic carbocycles. The topological polar surface area (TPSA) is 43.6 Å². The lowest BCUT2D eigenvalue weighted by molar-refractivity contribution is 0.630. The Labute approximate surface area is 372 Å². The van der Waals surface area contributed by atoms with Crippen LogP contribution in [0, 0.1) is 0 Å². The van der Waals surface area contributed by atoms with Gasteiger partial charge >= 0.3 is 0 Å². The maximum atomic E-state index is 5.17. The summed E-state index contributed by atoms with van der Waals surface area (Å²) in [5.41, 5.74) is 18.3. The zero-order chi connectivity index (χ0) is 42.8. The van der Waals surface area contributed by atoms with Crippen LogP contribution in [0.25, 0.3) is 106 Å². The summed E-state index contributed by atoms with van der Waals surface area (Å²) in [6.07, 6.45) is 0. The van der Waals surface area contributed by atoms with Crippen molar-refractivity contribution in [2.75, 3.05) is 0 Å². The van der Waals surface area contributed by atoms with Crippen molar-refractivity contribution in [1.82, 2.24) is 19.5 Å². The summed E-state index contributed by atoms with van der Waals surface area (Å²) in [5, 5.41) is 2.49. The van der Waals surface area contributed by atoms with Crippen LogP contribution in [0.1, 0.15) is 25.0 Å². The number of benzene rings is 9. The molecule has 0 spiro atoms. The van der Waals surface area contributed by atoms with Crippen LogP contribution in [0.4, 0.5) is 0 Å². The Hall–Kier alpha value is -8.21. The van der Waals surface area contributed by atoms with Gasteiger partial charge in [-0.3, -0.25) is 0 Å². The first-order valence-electron chi connectivity index (χ1n) is 21.9. The van der Waals surface area contributed by atoms with E-state index in [9.17, 15) is 0 Å². The van der Waals surface area contributed by atoms with E-state index < -0.39 is 0 Å². The van der Waals surface area contributed by atoms with Crippen LogP contribution in [0.15, 0.2) is 218 Å². The van der Waals surface area contributed by atoms with Crippen LogP contribution < -0.4 is 0 Å². The molecule has 12 rings (SSSR count). The average molecular weight is 819 g/mol. The Morgan fingerprint density at radius 1 is 0.312 bits per heavy atom. The van der Waals surface area contributed by atoms with Crippen LogP contribution in [-0.4, -0.2) is 19.5 Å². The normalized spacial score (nSPS) is 12.7. The molecule has 0 N–H and O–H groups in total. The first-order chi connectivity index (χ1) is 31.5. The number of hydrogen-bond acceptors (Lipinski definition) is 3. The lowest BCUT2D eigenvalue weighted by Crippen LogP contribution is -2.26. The zero-order valence-corrected chi connectivity index (χ0v) is 35.6. The molecule has 0 fully saturated rings. The van der Waals surface area contributed by atoms with E-state index in [1.807, 2.05) is 12.1 Å². The molecule has 0 bridgehead atoms. The van der Waals surface area contributed by atoms with Gasteiger partial charge in [-0.2, -0.15) is 0 Å². The minimum atomic E-state index is -0.183. The van der Waals surface area contributed by atoms with Crippen LogP contribution in [0.2, 0.25) is 0 Å². The predicted octanol–water partition coefficient (Wildman–Crippen LogP) is 15.3. The fraction of sp³-hybridized carbons (Fsp3) is 0.0500. The summed E-state index contributed by atoms with van der Waals surface area (Å²) in [5.74, 6) is 1.89. The molecular weight excluding hydrogens is 777 g/mol.